The standard InChI is InChI=1S/C24H18ClF8NO3S/c25-6-1-7-38(36,37)34-12-16(8-14-2-4-20(26)18(10-14)23(28,29)30)22(35)17(13-34)9-15-3-5-21(27)19(11-15)24(31,32)33/h2-5,8-11H,1,6-7,12-13H2/b16-8-,17-9+. The summed E-state index contributed by atoms with van der Waals surface area (Å²) in [5.41, 5.74) is -4.36. The van der Waals surface area contributed by atoms with E-state index in [9.17, 15) is 48.3 Å². The van der Waals surface area contributed by atoms with Gasteiger partial charge in [0.1, 0.15) is 11.6 Å². The highest BCUT2D eigenvalue weighted by Crippen LogP contribution is 2.34. The van der Waals surface area contributed by atoms with Gasteiger partial charge in [0.2, 0.25) is 10.0 Å². The molecular formula is C24H18ClF8NO3S. The van der Waals surface area contributed by atoms with Crippen LogP contribution in [0.25, 0.3) is 12.2 Å². The quantitative estimate of drug-likeness (QED) is 0.226. The Kier molecular flexibility index (Phi) is 8.74. The van der Waals surface area contributed by atoms with Crippen molar-refractivity contribution in [1.29, 1.82) is 0 Å². The van der Waals surface area contributed by atoms with Gasteiger partial charge in [0.15, 0.2) is 5.78 Å². The van der Waals surface area contributed by atoms with Crippen LogP contribution in [0.5, 0.6) is 0 Å². The maximum absolute atomic E-state index is 13.7. The van der Waals surface area contributed by atoms with Gasteiger partial charge in [-0.3, -0.25) is 4.79 Å². The van der Waals surface area contributed by atoms with Crippen molar-refractivity contribution in [3.8, 4) is 0 Å². The molecule has 0 spiro atoms. The molecule has 0 N–H and O–H groups in total. The summed E-state index contributed by atoms with van der Waals surface area (Å²) in [4.78, 5) is 13.1. The third-order valence-corrected chi connectivity index (χ3v) is 7.60. The number of rotatable bonds is 6. The number of benzene rings is 2. The molecule has 0 radical (unpaired) electrons. The van der Waals surface area contributed by atoms with Gasteiger partial charge in [0.25, 0.3) is 0 Å². The van der Waals surface area contributed by atoms with Gasteiger partial charge < -0.3 is 0 Å². The van der Waals surface area contributed by atoms with Crippen LogP contribution in [-0.2, 0) is 27.2 Å². The second-order valence-corrected chi connectivity index (χ2v) is 10.7. The molecular weight excluding hydrogens is 570 g/mol. The average Bonchev–Trinajstić information content (AvgIpc) is 2.81. The van der Waals surface area contributed by atoms with Gasteiger partial charge in [-0.25, -0.2) is 17.2 Å². The molecule has 0 atom stereocenters. The summed E-state index contributed by atoms with van der Waals surface area (Å²) in [5, 5.41) is 0. The van der Waals surface area contributed by atoms with Gasteiger partial charge in [-0.1, -0.05) is 12.1 Å². The molecule has 2 aromatic carbocycles. The summed E-state index contributed by atoms with van der Waals surface area (Å²) in [5.74, 6) is -4.42. The normalized spacial score (nSPS) is 18.0. The predicted octanol–water partition coefficient (Wildman–Crippen LogP) is 6.31. The van der Waals surface area contributed by atoms with E-state index in [4.69, 9.17) is 11.6 Å². The van der Waals surface area contributed by atoms with Crippen LogP contribution in [0, 0.1) is 11.6 Å². The Labute approximate surface area is 217 Å². The van der Waals surface area contributed by atoms with Gasteiger partial charge in [-0.05, 0) is 54.0 Å². The van der Waals surface area contributed by atoms with Crippen LogP contribution >= 0.6 is 11.6 Å². The van der Waals surface area contributed by atoms with Gasteiger partial charge in [-0.15, -0.1) is 11.6 Å². The van der Waals surface area contributed by atoms with Gasteiger partial charge in [0, 0.05) is 30.1 Å². The van der Waals surface area contributed by atoms with E-state index in [2.05, 4.69) is 0 Å². The molecule has 14 heteroatoms. The second kappa shape index (κ2) is 11.1. The molecule has 0 aromatic heterocycles. The van der Waals surface area contributed by atoms with E-state index in [1.165, 1.54) is 0 Å². The minimum atomic E-state index is -5.05. The number of sulfonamides is 1. The zero-order chi connectivity index (χ0) is 28.5. The second-order valence-electron chi connectivity index (χ2n) is 8.27. The molecule has 0 saturated carbocycles. The fraction of sp³-hybridized carbons (Fsp3) is 0.292. The molecule has 38 heavy (non-hydrogen) atoms. The number of halogens is 9. The number of nitrogens with zero attached hydrogens (tertiary/aromatic N) is 1. The van der Waals surface area contributed by atoms with Crippen molar-refractivity contribution in [2.75, 3.05) is 24.7 Å². The first-order valence-electron chi connectivity index (χ1n) is 10.8. The highest BCUT2D eigenvalue weighted by molar-refractivity contribution is 7.89. The molecule has 0 bridgehead atoms. The highest BCUT2D eigenvalue weighted by atomic mass is 35.5. The van der Waals surface area contributed by atoms with E-state index < -0.39 is 69.8 Å². The van der Waals surface area contributed by atoms with Crippen molar-refractivity contribution < 1.29 is 48.3 Å². The third kappa shape index (κ3) is 7.00. The lowest BCUT2D eigenvalue weighted by molar-refractivity contribution is -0.140. The Morgan fingerprint density at radius 1 is 0.816 bits per heavy atom. The maximum atomic E-state index is 13.7. The molecule has 206 valence electrons. The Balaban J connectivity index is 2.12. The minimum absolute atomic E-state index is 0.0109. The lowest BCUT2D eigenvalue weighted by Crippen LogP contribution is -2.42. The minimum Gasteiger partial charge on any atom is -0.289 e. The van der Waals surface area contributed by atoms with Gasteiger partial charge in [-0.2, -0.15) is 30.6 Å². The number of alkyl halides is 7. The number of Topliss-reactive ketones (excluding diaryl/α,β-unsaturated/α-hetero) is 1. The van der Waals surface area contributed by atoms with Crippen molar-refractivity contribution in [2.45, 2.75) is 18.8 Å². The van der Waals surface area contributed by atoms with Crippen molar-refractivity contribution in [3.63, 3.8) is 0 Å². The monoisotopic (exact) mass is 587 g/mol. The molecule has 1 heterocycles. The number of carbonyl (C=O) groups is 1. The van der Waals surface area contributed by atoms with Crippen molar-refractivity contribution in [1.82, 2.24) is 4.31 Å². The van der Waals surface area contributed by atoms with Crippen molar-refractivity contribution in [2.24, 2.45) is 0 Å². The van der Waals surface area contributed by atoms with E-state index in [-0.39, 0.29) is 34.6 Å². The van der Waals surface area contributed by atoms with E-state index >= 15 is 0 Å². The van der Waals surface area contributed by atoms with Crippen molar-refractivity contribution in [3.05, 3.63) is 81.4 Å². The van der Waals surface area contributed by atoms with E-state index in [0.29, 0.717) is 24.3 Å². The largest absolute Gasteiger partial charge is 0.419 e. The first kappa shape index (κ1) is 29.8. The molecule has 1 fully saturated rings. The average molecular weight is 588 g/mol. The van der Waals surface area contributed by atoms with Crippen LogP contribution in [0.4, 0.5) is 35.1 Å². The lowest BCUT2D eigenvalue weighted by Gasteiger charge is -2.29. The fourth-order valence-corrected chi connectivity index (χ4v) is 5.40. The molecule has 1 aliphatic heterocycles. The van der Waals surface area contributed by atoms with Crippen LogP contribution < -0.4 is 0 Å². The summed E-state index contributed by atoms with van der Waals surface area (Å²) in [6.45, 7) is -1.12. The Morgan fingerprint density at radius 2 is 1.24 bits per heavy atom. The van der Waals surface area contributed by atoms with E-state index in [1.54, 1.807) is 0 Å². The molecule has 0 aliphatic carbocycles. The number of carbonyl (C=O) groups excluding carboxylic acids is 1. The fourth-order valence-electron chi connectivity index (χ4n) is 3.67. The number of hydrogen-bond donors (Lipinski definition) is 0. The van der Waals surface area contributed by atoms with Crippen molar-refractivity contribution >= 4 is 39.6 Å². The summed E-state index contributed by atoms with van der Waals surface area (Å²) in [6, 6.07) is 3.84. The summed E-state index contributed by atoms with van der Waals surface area (Å²) >= 11 is 5.57. The summed E-state index contributed by atoms with van der Waals surface area (Å²) in [7, 11) is -4.06. The summed E-state index contributed by atoms with van der Waals surface area (Å²) < 4.78 is 133. The first-order chi connectivity index (χ1) is 17.5. The van der Waals surface area contributed by atoms with E-state index in [0.717, 1.165) is 28.6 Å². The first-order valence-corrected chi connectivity index (χ1v) is 12.9. The topological polar surface area (TPSA) is 54.5 Å². The van der Waals surface area contributed by atoms with Crippen LogP contribution in [0.2, 0.25) is 0 Å². The Hall–Kier alpha value is -2.77. The zero-order valence-corrected chi connectivity index (χ0v) is 20.7. The van der Waals surface area contributed by atoms with Crippen LogP contribution in [-0.4, -0.2) is 43.2 Å². The molecule has 1 aliphatic rings. The smallest absolute Gasteiger partial charge is 0.289 e. The molecule has 2 aromatic rings. The summed E-state index contributed by atoms with van der Waals surface area (Å²) in [6.07, 6.45) is -8.17. The SMILES string of the molecule is O=C1/C(=C\c2ccc(F)c(C(F)(F)F)c2)CN(S(=O)(=O)CCCCl)C/C1=C\c1ccc(F)c(C(F)(F)F)c1. The maximum Gasteiger partial charge on any atom is 0.419 e. The lowest BCUT2D eigenvalue weighted by atomic mass is 9.95. The van der Waals surface area contributed by atoms with Gasteiger partial charge in [0.05, 0.1) is 16.9 Å². The van der Waals surface area contributed by atoms with Gasteiger partial charge >= 0.3 is 12.4 Å². The zero-order valence-electron chi connectivity index (χ0n) is 19.1. The molecule has 1 saturated heterocycles. The molecule has 4 nitrogen and oxygen atoms in total. The molecule has 0 amide bonds. The molecule has 3 rings (SSSR count). The Bertz CT molecular complexity index is 1310. The third-order valence-electron chi connectivity index (χ3n) is 5.48. The number of hydrogen-bond acceptors (Lipinski definition) is 3. The number of ketones is 1. The van der Waals surface area contributed by atoms with Crippen LogP contribution in [0.1, 0.15) is 28.7 Å². The highest BCUT2D eigenvalue weighted by Gasteiger charge is 2.36. The predicted molar refractivity (Wildman–Crippen MR) is 124 cm³/mol. The van der Waals surface area contributed by atoms with E-state index in [1.807, 2.05) is 0 Å². The van der Waals surface area contributed by atoms with Crippen LogP contribution in [0.15, 0.2) is 47.5 Å². The molecule has 0 unspecified atom stereocenters. The number of piperidine rings is 1. The van der Waals surface area contributed by atoms with Crippen LogP contribution in [0.3, 0.4) is 0 Å². The Morgan fingerprint density at radius 3 is 1.61 bits per heavy atom.